The predicted molar refractivity (Wildman–Crippen MR) is 89.2 cm³/mol. The van der Waals surface area contributed by atoms with E-state index in [1.165, 1.54) is 16.7 Å². The summed E-state index contributed by atoms with van der Waals surface area (Å²) in [5.41, 5.74) is 4.17. The van der Waals surface area contributed by atoms with Gasteiger partial charge in [-0.2, -0.15) is 0 Å². The molecule has 114 valence electrons. The number of fused-ring (bicyclic) bond motifs is 4. The Kier molecular flexibility index (Phi) is 3.05. The number of hydrogen-bond acceptors (Lipinski definition) is 2. The summed E-state index contributed by atoms with van der Waals surface area (Å²) in [6.07, 6.45) is 2.20. The Bertz CT molecular complexity index is 696. The first-order valence-corrected chi connectivity index (χ1v) is 8.21. The van der Waals surface area contributed by atoms with Crippen molar-refractivity contribution in [3.8, 4) is 5.75 Å². The number of nitrogens with zero attached hydrogens (tertiary/aromatic N) is 1. The molecule has 1 aliphatic carbocycles. The fourth-order valence-electron chi connectivity index (χ4n) is 4.85. The second-order valence-electron chi connectivity index (χ2n) is 6.97. The largest absolute Gasteiger partial charge is 0.508 e. The number of phenols is 1. The van der Waals surface area contributed by atoms with Crippen LogP contribution in [0, 0.1) is 5.92 Å². The Balaban J connectivity index is 1.99. The first-order valence-electron chi connectivity index (χ1n) is 8.21. The molecule has 4 rings (SSSR count). The van der Waals surface area contributed by atoms with E-state index in [9.17, 15) is 5.11 Å². The summed E-state index contributed by atoms with van der Waals surface area (Å²) in [6.45, 7) is 3.50. The van der Waals surface area contributed by atoms with Crippen LogP contribution in [0.25, 0.3) is 0 Å². The lowest BCUT2D eigenvalue weighted by Gasteiger charge is -2.55. The highest BCUT2D eigenvalue weighted by molar-refractivity contribution is 5.51. The Hall–Kier alpha value is -1.80. The molecule has 2 heteroatoms. The Labute approximate surface area is 132 Å². The third-order valence-electron chi connectivity index (χ3n) is 6.07. The third kappa shape index (κ3) is 1.77. The van der Waals surface area contributed by atoms with Gasteiger partial charge in [0.2, 0.25) is 0 Å². The molecule has 1 N–H and O–H groups in total. The quantitative estimate of drug-likeness (QED) is 0.869. The summed E-state index contributed by atoms with van der Waals surface area (Å²) in [5.74, 6) is 0.932. The zero-order valence-corrected chi connectivity index (χ0v) is 13.3. The zero-order chi connectivity index (χ0) is 15.3. The van der Waals surface area contributed by atoms with E-state index in [0.717, 1.165) is 19.4 Å². The average molecular weight is 293 g/mol. The zero-order valence-electron chi connectivity index (χ0n) is 13.3. The van der Waals surface area contributed by atoms with E-state index in [1.807, 2.05) is 12.1 Å². The molecule has 1 aliphatic heterocycles. The van der Waals surface area contributed by atoms with Gasteiger partial charge < -0.3 is 10.0 Å². The number of hydrogen-bond donors (Lipinski definition) is 1. The molecule has 2 unspecified atom stereocenters. The van der Waals surface area contributed by atoms with Crippen LogP contribution in [0.4, 0.5) is 0 Å². The first kappa shape index (κ1) is 13.8. The van der Waals surface area contributed by atoms with E-state index >= 15 is 0 Å². The number of rotatable bonds is 1. The van der Waals surface area contributed by atoms with Crippen LogP contribution in [0.1, 0.15) is 30.0 Å². The highest BCUT2D eigenvalue weighted by atomic mass is 16.3. The predicted octanol–water partition coefficient (Wildman–Crippen LogP) is 3.57. The molecule has 0 aromatic heterocycles. The van der Waals surface area contributed by atoms with Gasteiger partial charge in [-0.25, -0.2) is 0 Å². The molecule has 22 heavy (non-hydrogen) atoms. The Morgan fingerprint density at radius 1 is 1.14 bits per heavy atom. The van der Waals surface area contributed by atoms with E-state index in [1.54, 1.807) is 0 Å². The van der Waals surface area contributed by atoms with Gasteiger partial charge in [0.1, 0.15) is 5.75 Å². The normalized spacial score (nSPS) is 30.8. The molecule has 3 atom stereocenters. The molecular weight excluding hydrogens is 270 g/mol. The molecule has 0 saturated carbocycles. The highest BCUT2D eigenvalue weighted by Crippen LogP contribution is 2.52. The van der Waals surface area contributed by atoms with Crippen molar-refractivity contribution in [2.45, 2.75) is 31.2 Å². The maximum Gasteiger partial charge on any atom is 0.115 e. The van der Waals surface area contributed by atoms with Gasteiger partial charge in [-0.3, -0.25) is 0 Å². The minimum absolute atomic E-state index is 0.0325. The van der Waals surface area contributed by atoms with Crippen molar-refractivity contribution in [1.29, 1.82) is 0 Å². The van der Waals surface area contributed by atoms with E-state index in [4.69, 9.17) is 0 Å². The van der Waals surface area contributed by atoms with Crippen LogP contribution in [-0.4, -0.2) is 29.6 Å². The van der Waals surface area contributed by atoms with Gasteiger partial charge in [0.25, 0.3) is 0 Å². The van der Waals surface area contributed by atoms with E-state index in [2.05, 4.69) is 55.3 Å². The van der Waals surface area contributed by atoms with Crippen LogP contribution in [-0.2, 0) is 11.8 Å². The molecule has 2 aromatic rings. The molecule has 2 bridgehead atoms. The average Bonchev–Trinajstić information content (AvgIpc) is 2.53. The Morgan fingerprint density at radius 3 is 2.68 bits per heavy atom. The molecule has 0 amide bonds. The summed E-state index contributed by atoms with van der Waals surface area (Å²) >= 11 is 0. The Morgan fingerprint density at radius 2 is 1.91 bits per heavy atom. The summed E-state index contributed by atoms with van der Waals surface area (Å²) < 4.78 is 0. The highest BCUT2D eigenvalue weighted by Gasteiger charge is 2.51. The van der Waals surface area contributed by atoms with Crippen molar-refractivity contribution < 1.29 is 5.11 Å². The topological polar surface area (TPSA) is 23.5 Å². The van der Waals surface area contributed by atoms with Crippen molar-refractivity contribution in [3.05, 3.63) is 65.2 Å². The lowest BCUT2D eigenvalue weighted by molar-refractivity contribution is 0.0613. The maximum absolute atomic E-state index is 10.1. The van der Waals surface area contributed by atoms with Crippen molar-refractivity contribution >= 4 is 0 Å². The molecule has 1 fully saturated rings. The lowest BCUT2D eigenvalue weighted by atomic mass is 9.55. The first-order chi connectivity index (χ1) is 10.6. The van der Waals surface area contributed by atoms with Crippen molar-refractivity contribution in [2.75, 3.05) is 13.6 Å². The molecule has 0 spiro atoms. The van der Waals surface area contributed by atoms with Gasteiger partial charge in [-0.05, 0) is 61.2 Å². The fourth-order valence-corrected chi connectivity index (χ4v) is 4.85. The number of piperidine rings is 1. The van der Waals surface area contributed by atoms with E-state index < -0.39 is 0 Å². The van der Waals surface area contributed by atoms with Gasteiger partial charge >= 0.3 is 0 Å². The monoisotopic (exact) mass is 293 g/mol. The molecular formula is C20H23NO. The summed E-state index contributed by atoms with van der Waals surface area (Å²) in [7, 11) is 2.25. The second kappa shape index (κ2) is 4.85. The number of likely N-dealkylation sites (tertiary alicyclic amines) is 1. The summed E-state index contributed by atoms with van der Waals surface area (Å²) in [6, 6.07) is 17.4. The molecule has 0 radical (unpaired) electrons. The number of benzene rings is 2. The minimum atomic E-state index is 0.0325. The van der Waals surface area contributed by atoms with Crippen LogP contribution >= 0.6 is 0 Å². The van der Waals surface area contributed by atoms with Crippen molar-refractivity contribution in [2.24, 2.45) is 5.92 Å². The molecule has 1 heterocycles. The van der Waals surface area contributed by atoms with Gasteiger partial charge in [0.15, 0.2) is 0 Å². The second-order valence-corrected chi connectivity index (χ2v) is 6.97. The third-order valence-corrected chi connectivity index (χ3v) is 6.07. The maximum atomic E-state index is 10.1. The van der Waals surface area contributed by atoms with Gasteiger partial charge in [0.05, 0.1) is 0 Å². The van der Waals surface area contributed by atoms with Crippen LogP contribution < -0.4 is 0 Å². The number of phenolic OH excluding ortho intramolecular Hbond substituents is 1. The SMILES string of the molecule is C[C@@H]1C2Cc3ccc(O)cc3C1(c1ccccc1)CCN2C. The molecule has 2 aliphatic rings. The number of aromatic hydroxyl groups is 1. The van der Waals surface area contributed by atoms with Gasteiger partial charge in [0, 0.05) is 11.5 Å². The van der Waals surface area contributed by atoms with Crippen molar-refractivity contribution in [1.82, 2.24) is 4.90 Å². The van der Waals surface area contributed by atoms with Crippen LogP contribution in [0.5, 0.6) is 5.75 Å². The lowest BCUT2D eigenvalue weighted by Crippen LogP contribution is -2.58. The van der Waals surface area contributed by atoms with Gasteiger partial charge in [-0.15, -0.1) is 0 Å². The van der Waals surface area contributed by atoms with E-state index in [0.29, 0.717) is 17.7 Å². The fraction of sp³-hybridized carbons (Fsp3) is 0.400. The molecule has 2 aromatic carbocycles. The van der Waals surface area contributed by atoms with Crippen LogP contribution in [0.2, 0.25) is 0 Å². The van der Waals surface area contributed by atoms with Crippen LogP contribution in [0.3, 0.4) is 0 Å². The van der Waals surface area contributed by atoms with Gasteiger partial charge in [-0.1, -0.05) is 43.3 Å². The molecule has 2 nitrogen and oxygen atoms in total. The standard InChI is InChI=1S/C20H23NO/c1-14-19-12-15-8-9-17(22)13-18(15)20(14,10-11-21(19)2)16-6-4-3-5-7-16/h3-9,13-14,19,22H,10-12H2,1-2H3/t14-,19?,20?/m1/s1. The van der Waals surface area contributed by atoms with Crippen LogP contribution in [0.15, 0.2) is 48.5 Å². The number of likely N-dealkylation sites (N-methyl/N-ethyl adjacent to an activating group) is 1. The molecule has 1 saturated heterocycles. The van der Waals surface area contributed by atoms with Crippen molar-refractivity contribution in [3.63, 3.8) is 0 Å². The summed E-state index contributed by atoms with van der Waals surface area (Å²) in [5, 5.41) is 10.1. The minimum Gasteiger partial charge on any atom is -0.508 e. The summed E-state index contributed by atoms with van der Waals surface area (Å²) in [4.78, 5) is 2.52. The smallest absolute Gasteiger partial charge is 0.115 e. The van der Waals surface area contributed by atoms with E-state index in [-0.39, 0.29) is 5.41 Å².